The zero-order valence-corrected chi connectivity index (χ0v) is 22.4. The number of halogens is 1. The maximum atomic E-state index is 15.3. The molecule has 3 saturated heterocycles. The molecule has 3 fully saturated rings. The Morgan fingerprint density at radius 3 is 2.14 bits per heavy atom. The van der Waals surface area contributed by atoms with Crippen molar-refractivity contribution in [2.24, 2.45) is 7.05 Å². The van der Waals surface area contributed by atoms with Gasteiger partial charge in [0.1, 0.15) is 11.6 Å². The molecular formula is C28H35FN4O3S. The molecule has 0 saturated carbocycles. The minimum Gasteiger partial charge on any atom is -0.378 e. The molecular weight excluding hydrogens is 491 g/mol. The summed E-state index contributed by atoms with van der Waals surface area (Å²) in [6, 6.07) is 11.5. The molecule has 0 spiro atoms. The van der Waals surface area contributed by atoms with E-state index in [1.54, 1.807) is 30.3 Å². The Hall–Kier alpha value is -2.33. The Bertz CT molecular complexity index is 1390. The molecule has 9 heteroatoms. The monoisotopic (exact) mass is 526 g/mol. The first-order valence-corrected chi connectivity index (χ1v) is 15.2. The number of piperidine rings is 2. The summed E-state index contributed by atoms with van der Waals surface area (Å²) >= 11 is 0. The van der Waals surface area contributed by atoms with Crippen LogP contribution in [0.5, 0.6) is 0 Å². The summed E-state index contributed by atoms with van der Waals surface area (Å²) in [5.74, 6) is 0.723. The van der Waals surface area contributed by atoms with Crippen LogP contribution in [0.3, 0.4) is 0 Å². The summed E-state index contributed by atoms with van der Waals surface area (Å²) in [7, 11) is -1.33. The summed E-state index contributed by atoms with van der Waals surface area (Å²) in [5.41, 5.74) is 3.10. The molecule has 2 aromatic carbocycles. The van der Waals surface area contributed by atoms with Crippen LogP contribution in [0.15, 0.2) is 41.3 Å². The van der Waals surface area contributed by atoms with Crippen molar-refractivity contribution in [1.29, 1.82) is 0 Å². The van der Waals surface area contributed by atoms with Gasteiger partial charge in [-0.15, -0.1) is 0 Å². The Morgan fingerprint density at radius 2 is 1.54 bits per heavy atom. The van der Waals surface area contributed by atoms with Crippen LogP contribution in [0.4, 0.5) is 4.39 Å². The lowest BCUT2D eigenvalue weighted by Gasteiger charge is -2.45. The number of rotatable bonds is 5. The fourth-order valence-corrected chi connectivity index (χ4v) is 6.91. The maximum Gasteiger partial charge on any atom is 0.175 e. The van der Waals surface area contributed by atoms with Gasteiger partial charge in [0, 0.05) is 44.1 Å². The van der Waals surface area contributed by atoms with E-state index in [0.717, 1.165) is 68.9 Å². The van der Waals surface area contributed by atoms with Crippen LogP contribution in [0.2, 0.25) is 0 Å². The Labute approximate surface area is 218 Å². The van der Waals surface area contributed by atoms with Crippen molar-refractivity contribution < 1.29 is 17.5 Å². The van der Waals surface area contributed by atoms with Crippen LogP contribution in [0.1, 0.15) is 37.2 Å². The first kappa shape index (κ1) is 25.0. The average Bonchev–Trinajstić information content (AvgIpc) is 3.18. The van der Waals surface area contributed by atoms with Crippen LogP contribution in [0.25, 0.3) is 22.4 Å². The van der Waals surface area contributed by atoms with E-state index < -0.39 is 9.84 Å². The third-order valence-electron chi connectivity index (χ3n) is 8.66. The highest BCUT2D eigenvalue weighted by molar-refractivity contribution is 7.90. The molecule has 0 aliphatic carbocycles. The molecule has 0 amide bonds. The van der Waals surface area contributed by atoms with Crippen molar-refractivity contribution in [2.75, 3.05) is 45.6 Å². The highest BCUT2D eigenvalue weighted by Crippen LogP contribution is 2.35. The van der Waals surface area contributed by atoms with E-state index in [0.29, 0.717) is 23.4 Å². The largest absolute Gasteiger partial charge is 0.378 e. The summed E-state index contributed by atoms with van der Waals surface area (Å²) in [4.78, 5) is 10.2. The van der Waals surface area contributed by atoms with E-state index in [2.05, 4.69) is 14.8 Å². The number of likely N-dealkylation sites (tertiary alicyclic amines) is 2. The topological polar surface area (TPSA) is 67.7 Å². The first-order chi connectivity index (χ1) is 17.8. The van der Waals surface area contributed by atoms with Crippen LogP contribution < -0.4 is 0 Å². The molecule has 3 aliphatic rings. The number of benzene rings is 2. The molecule has 0 radical (unpaired) electrons. The first-order valence-electron chi connectivity index (χ1n) is 13.3. The zero-order valence-electron chi connectivity index (χ0n) is 21.6. The van der Waals surface area contributed by atoms with Gasteiger partial charge in [0.05, 0.1) is 35.2 Å². The Balaban J connectivity index is 1.15. The number of hydrogen-bond donors (Lipinski definition) is 0. The van der Waals surface area contributed by atoms with Crippen molar-refractivity contribution in [3.8, 4) is 11.4 Å². The Kier molecular flexibility index (Phi) is 6.59. The van der Waals surface area contributed by atoms with Gasteiger partial charge in [0.15, 0.2) is 9.84 Å². The zero-order chi connectivity index (χ0) is 25.7. The average molecular weight is 527 g/mol. The van der Waals surface area contributed by atoms with Crippen molar-refractivity contribution >= 4 is 20.9 Å². The van der Waals surface area contributed by atoms with Crippen LogP contribution >= 0.6 is 0 Å². The number of aryl methyl sites for hydroxylation is 1. The van der Waals surface area contributed by atoms with E-state index in [-0.39, 0.29) is 16.6 Å². The maximum absolute atomic E-state index is 15.3. The second-order valence-corrected chi connectivity index (χ2v) is 12.9. The number of nitrogens with zero attached hydrogens (tertiary/aromatic N) is 4. The SMILES string of the molecule is Cn1c(-c2ccc(S(C)(=O)=O)cc2)nc2cc(F)c(C3CCN(C4CCN(C5COC5)CC4)CC3)cc21. The van der Waals surface area contributed by atoms with Crippen molar-refractivity contribution in [3.63, 3.8) is 0 Å². The molecule has 1 aromatic heterocycles. The van der Waals surface area contributed by atoms with Gasteiger partial charge < -0.3 is 14.2 Å². The molecule has 0 unspecified atom stereocenters. The van der Waals surface area contributed by atoms with Crippen molar-refractivity contribution in [1.82, 2.24) is 19.4 Å². The van der Waals surface area contributed by atoms with Gasteiger partial charge in [0.25, 0.3) is 0 Å². The lowest BCUT2D eigenvalue weighted by molar-refractivity contribution is -0.0768. The fraction of sp³-hybridized carbons (Fsp3) is 0.536. The molecule has 7 nitrogen and oxygen atoms in total. The van der Waals surface area contributed by atoms with Gasteiger partial charge in [-0.05, 0) is 80.6 Å². The van der Waals surface area contributed by atoms with Gasteiger partial charge in [0.2, 0.25) is 0 Å². The number of hydrogen-bond acceptors (Lipinski definition) is 6. The summed E-state index contributed by atoms with van der Waals surface area (Å²) in [6.07, 6.45) is 5.56. The second-order valence-electron chi connectivity index (χ2n) is 10.9. The number of ether oxygens (including phenoxy) is 1. The highest BCUT2D eigenvalue weighted by Gasteiger charge is 2.33. The minimum absolute atomic E-state index is 0.181. The second kappa shape index (κ2) is 9.76. The predicted molar refractivity (Wildman–Crippen MR) is 142 cm³/mol. The minimum atomic E-state index is -3.26. The molecule has 0 atom stereocenters. The molecule has 198 valence electrons. The molecule has 37 heavy (non-hydrogen) atoms. The third-order valence-corrected chi connectivity index (χ3v) is 9.79. The Morgan fingerprint density at radius 1 is 0.919 bits per heavy atom. The standard InChI is InChI=1S/C28H35FN4O3S/c1-31-27-15-24(19-7-11-32(12-8-19)21-9-13-33(14-10-21)22-17-36-18-22)25(29)16-26(27)30-28(31)20-3-5-23(6-4-20)37(2,34)35/h3-6,15-16,19,21-22H,7-14,17-18H2,1-2H3. The van der Waals surface area contributed by atoms with Crippen molar-refractivity contribution in [2.45, 2.75) is 48.6 Å². The lowest BCUT2D eigenvalue weighted by atomic mass is 9.87. The summed E-state index contributed by atoms with van der Waals surface area (Å²) in [6.45, 7) is 6.12. The third kappa shape index (κ3) is 4.82. The van der Waals surface area contributed by atoms with E-state index >= 15 is 4.39 Å². The number of imidazole rings is 1. The van der Waals surface area contributed by atoms with Crippen LogP contribution in [-0.4, -0.2) is 85.5 Å². The normalized spacial score (nSPS) is 21.5. The van der Waals surface area contributed by atoms with E-state index in [9.17, 15) is 8.42 Å². The van der Waals surface area contributed by atoms with Crippen LogP contribution in [-0.2, 0) is 21.6 Å². The fourth-order valence-electron chi connectivity index (χ4n) is 6.28. The molecule has 4 heterocycles. The number of fused-ring (bicyclic) bond motifs is 1. The van der Waals surface area contributed by atoms with Gasteiger partial charge in [-0.3, -0.25) is 4.90 Å². The van der Waals surface area contributed by atoms with E-state index in [4.69, 9.17) is 4.74 Å². The molecule has 3 aliphatic heterocycles. The quantitative estimate of drug-likeness (QED) is 0.504. The molecule has 0 N–H and O–H groups in total. The van der Waals surface area contributed by atoms with Crippen LogP contribution in [0, 0.1) is 5.82 Å². The van der Waals surface area contributed by atoms with Crippen molar-refractivity contribution in [3.05, 3.63) is 47.8 Å². The van der Waals surface area contributed by atoms with E-state index in [1.807, 2.05) is 17.7 Å². The predicted octanol–water partition coefficient (Wildman–Crippen LogP) is 3.83. The summed E-state index contributed by atoms with van der Waals surface area (Å²) < 4.78 is 46.2. The van der Waals surface area contributed by atoms with Gasteiger partial charge >= 0.3 is 0 Å². The summed E-state index contributed by atoms with van der Waals surface area (Å²) in [5, 5.41) is 0. The van der Waals surface area contributed by atoms with Gasteiger partial charge in [-0.1, -0.05) is 0 Å². The highest BCUT2D eigenvalue weighted by atomic mass is 32.2. The number of aromatic nitrogens is 2. The molecule has 6 rings (SSSR count). The number of sulfone groups is 1. The lowest BCUT2D eigenvalue weighted by Crippen LogP contribution is -2.55. The smallest absolute Gasteiger partial charge is 0.175 e. The van der Waals surface area contributed by atoms with Gasteiger partial charge in [-0.2, -0.15) is 0 Å². The molecule has 3 aromatic rings. The molecule has 0 bridgehead atoms. The van der Waals surface area contributed by atoms with Gasteiger partial charge in [-0.25, -0.2) is 17.8 Å². The van der Waals surface area contributed by atoms with E-state index in [1.165, 1.54) is 19.1 Å².